The highest BCUT2D eigenvalue weighted by Gasteiger charge is 2.12. The van der Waals surface area contributed by atoms with Crippen molar-refractivity contribution in [3.8, 4) is 0 Å². The van der Waals surface area contributed by atoms with Crippen molar-refractivity contribution in [3.63, 3.8) is 0 Å². The van der Waals surface area contributed by atoms with Gasteiger partial charge in [0.15, 0.2) is 5.82 Å². The quantitative estimate of drug-likeness (QED) is 0.786. The molecule has 1 aromatic carbocycles. The standard InChI is InChI=1S/C14H14BrN3O2/c1-8(16-7-14-17-9(2)20-18-14)13-6-10-5-11(15)3-4-12(10)19-13/h3-6,8,16H,7H2,1-2H3. The highest BCUT2D eigenvalue weighted by Crippen LogP contribution is 2.26. The summed E-state index contributed by atoms with van der Waals surface area (Å²) in [5.41, 5.74) is 0.882. The molecule has 2 aromatic heterocycles. The molecule has 1 atom stereocenters. The third-order valence-electron chi connectivity index (χ3n) is 3.06. The van der Waals surface area contributed by atoms with E-state index in [0.717, 1.165) is 21.2 Å². The molecule has 1 unspecified atom stereocenters. The minimum Gasteiger partial charge on any atom is -0.459 e. The first-order valence-corrected chi connectivity index (χ1v) is 7.12. The van der Waals surface area contributed by atoms with Crippen molar-refractivity contribution >= 4 is 26.9 Å². The van der Waals surface area contributed by atoms with Crippen LogP contribution in [0.2, 0.25) is 0 Å². The lowest BCUT2D eigenvalue weighted by atomic mass is 10.2. The molecule has 0 radical (unpaired) electrons. The van der Waals surface area contributed by atoms with E-state index in [9.17, 15) is 0 Å². The average molecular weight is 336 g/mol. The maximum atomic E-state index is 5.83. The number of aromatic nitrogens is 2. The molecule has 3 aromatic rings. The molecule has 0 aliphatic heterocycles. The van der Waals surface area contributed by atoms with Gasteiger partial charge in [-0.25, -0.2) is 0 Å². The lowest BCUT2D eigenvalue weighted by Crippen LogP contribution is -2.18. The molecular formula is C14H14BrN3O2. The Morgan fingerprint density at radius 3 is 2.95 bits per heavy atom. The number of hydrogen-bond donors (Lipinski definition) is 1. The van der Waals surface area contributed by atoms with Gasteiger partial charge in [0.2, 0.25) is 5.89 Å². The van der Waals surface area contributed by atoms with Crippen LogP contribution in [0.4, 0.5) is 0 Å². The predicted octanol–water partition coefficient (Wildman–Crippen LogP) is 3.74. The molecule has 0 amide bonds. The first-order chi connectivity index (χ1) is 9.61. The number of furan rings is 1. The molecule has 0 saturated carbocycles. The van der Waals surface area contributed by atoms with E-state index >= 15 is 0 Å². The summed E-state index contributed by atoms with van der Waals surface area (Å²) in [5, 5.41) is 8.25. The fraction of sp³-hybridized carbons (Fsp3) is 0.286. The maximum absolute atomic E-state index is 5.83. The zero-order chi connectivity index (χ0) is 14.1. The largest absolute Gasteiger partial charge is 0.459 e. The maximum Gasteiger partial charge on any atom is 0.223 e. The second kappa shape index (κ2) is 5.38. The normalized spacial score (nSPS) is 12.9. The predicted molar refractivity (Wildman–Crippen MR) is 78.2 cm³/mol. The van der Waals surface area contributed by atoms with Gasteiger partial charge in [0.25, 0.3) is 0 Å². The van der Waals surface area contributed by atoms with Crippen molar-refractivity contribution in [2.75, 3.05) is 0 Å². The van der Waals surface area contributed by atoms with Crippen LogP contribution in [0.5, 0.6) is 0 Å². The number of nitrogens with one attached hydrogen (secondary N) is 1. The Hall–Kier alpha value is -1.66. The molecule has 5 nitrogen and oxygen atoms in total. The van der Waals surface area contributed by atoms with Gasteiger partial charge in [-0.3, -0.25) is 0 Å². The Kier molecular flexibility index (Phi) is 3.58. The minimum absolute atomic E-state index is 0.0694. The summed E-state index contributed by atoms with van der Waals surface area (Å²) in [5.74, 6) is 2.11. The Labute approximate surface area is 124 Å². The van der Waals surface area contributed by atoms with Gasteiger partial charge in [-0.05, 0) is 31.2 Å². The fourth-order valence-electron chi connectivity index (χ4n) is 2.01. The molecule has 104 valence electrons. The summed E-state index contributed by atoms with van der Waals surface area (Å²) in [6.07, 6.45) is 0. The van der Waals surface area contributed by atoms with E-state index in [4.69, 9.17) is 8.94 Å². The van der Waals surface area contributed by atoms with Gasteiger partial charge in [0.05, 0.1) is 12.6 Å². The number of hydrogen-bond acceptors (Lipinski definition) is 5. The monoisotopic (exact) mass is 335 g/mol. The van der Waals surface area contributed by atoms with Crippen molar-refractivity contribution in [2.45, 2.75) is 26.4 Å². The van der Waals surface area contributed by atoms with Gasteiger partial charge in [-0.2, -0.15) is 4.98 Å². The van der Waals surface area contributed by atoms with Crippen molar-refractivity contribution < 1.29 is 8.94 Å². The molecule has 2 heterocycles. The van der Waals surface area contributed by atoms with E-state index in [1.54, 1.807) is 6.92 Å². The van der Waals surface area contributed by atoms with Gasteiger partial charge >= 0.3 is 0 Å². The number of rotatable bonds is 4. The molecule has 20 heavy (non-hydrogen) atoms. The number of halogens is 1. The summed E-state index contributed by atoms with van der Waals surface area (Å²) >= 11 is 3.46. The number of nitrogens with zero attached hydrogens (tertiary/aromatic N) is 2. The topological polar surface area (TPSA) is 64.1 Å². The van der Waals surface area contributed by atoms with Gasteiger partial charge in [0, 0.05) is 16.8 Å². The third kappa shape index (κ3) is 2.76. The van der Waals surface area contributed by atoms with Crippen LogP contribution in [0.1, 0.15) is 30.4 Å². The van der Waals surface area contributed by atoms with Crippen LogP contribution in [0.3, 0.4) is 0 Å². The highest BCUT2D eigenvalue weighted by atomic mass is 79.9. The Bertz CT molecular complexity index is 735. The zero-order valence-electron chi connectivity index (χ0n) is 11.2. The van der Waals surface area contributed by atoms with E-state index in [1.165, 1.54) is 0 Å². The van der Waals surface area contributed by atoms with Crippen LogP contribution in [0, 0.1) is 6.92 Å². The summed E-state index contributed by atoms with van der Waals surface area (Å²) in [4.78, 5) is 4.15. The molecule has 3 rings (SSSR count). The van der Waals surface area contributed by atoms with Crippen LogP contribution in [-0.4, -0.2) is 10.1 Å². The molecule has 0 aliphatic carbocycles. The van der Waals surface area contributed by atoms with Crippen LogP contribution >= 0.6 is 15.9 Å². The highest BCUT2D eigenvalue weighted by molar-refractivity contribution is 9.10. The van der Waals surface area contributed by atoms with Crippen molar-refractivity contribution in [1.29, 1.82) is 0 Å². The molecule has 0 saturated heterocycles. The molecule has 0 aliphatic rings. The average Bonchev–Trinajstić information content (AvgIpc) is 3.01. The number of fused-ring (bicyclic) bond motifs is 1. The molecule has 0 bridgehead atoms. The molecule has 0 spiro atoms. The summed E-state index contributed by atoms with van der Waals surface area (Å²) in [7, 11) is 0. The van der Waals surface area contributed by atoms with Crippen molar-refractivity contribution in [3.05, 3.63) is 46.2 Å². The van der Waals surface area contributed by atoms with Crippen LogP contribution in [-0.2, 0) is 6.54 Å². The lowest BCUT2D eigenvalue weighted by molar-refractivity contribution is 0.381. The van der Waals surface area contributed by atoms with Crippen LogP contribution in [0.25, 0.3) is 11.0 Å². The Balaban J connectivity index is 1.73. The Morgan fingerprint density at radius 2 is 2.20 bits per heavy atom. The summed E-state index contributed by atoms with van der Waals surface area (Å²) < 4.78 is 11.8. The molecule has 0 fully saturated rings. The van der Waals surface area contributed by atoms with Gasteiger partial charge in [0.1, 0.15) is 11.3 Å². The van der Waals surface area contributed by atoms with E-state index in [2.05, 4.69) is 31.4 Å². The molecular weight excluding hydrogens is 322 g/mol. The first kappa shape index (κ1) is 13.3. The van der Waals surface area contributed by atoms with Crippen LogP contribution < -0.4 is 5.32 Å². The first-order valence-electron chi connectivity index (χ1n) is 6.33. The third-order valence-corrected chi connectivity index (χ3v) is 3.55. The Morgan fingerprint density at radius 1 is 1.35 bits per heavy atom. The minimum atomic E-state index is 0.0694. The number of benzene rings is 1. The molecule has 1 N–H and O–H groups in total. The van der Waals surface area contributed by atoms with E-state index in [0.29, 0.717) is 18.3 Å². The van der Waals surface area contributed by atoms with Gasteiger partial charge < -0.3 is 14.3 Å². The second-order valence-corrected chi connectivity index (χ2v) is 5.58. The van der Waals surface area contributed by atoms with Gasteiger partial charge in [-0.15, -0.1) is 0 Å². The van der Waals surface area contributed by atoms with Crippen molar-refractivity contribution in [1.82, 2.24) is 15.5 Å². The smallest absolute Gasteiger partial charge is 0.223 e. The number of aryl methyl sites for hydroxylation is 1. The SMILES string of the molecule is Cc1nc(CNC(C)c2cc3cc(Br)ccc3o2)no1. The summed E-state index contributed by atoms with van der Waals surface area (Å²) in [6, 6.07) is 8.07. The zero-order valence-corrected chi connectivity index (χ0v) is 12.8. The van der Waals surface area contributed by atoms with Crippen LogP contribution in [0.15, 0.2) is 37.7 Å². The molecule has 6 heteroatoms. The van der Waals surface area contributed by atoms with E-state index in [1.807, 2.05) is 31.2 Å². The second-order valence-electron chi connectivity index (χ2n) is 4.66. The van der Waals surface area contributed by atoms with E-state index in [-0.39, 0.29) is 6.04 Å². The van der Waals surface area contributed by atoms with E-state index < -0.39 is 0 Å². The fourth-order valence-corrected chi connectivity index (χ4v) is 2.39. The summed E-state index contributed by atoms with van der Waals surface area (Å²) in [6.45, 7) is 4.36. The lowest BCUT2D eigenvalue weighted by Gasteiger charge is -2.08. The van der Waals surface area contributed by atoms with Crippen molar-refractivity contribution in [2.24, 2.45) is 0 Å². The van der Waals surface area contributed by atoms with Gasteiger partial charge in [-0.1, -0.05) is 21.1 Å².